The zero-order valence-corrected chi connectivity index (χ0v) is 12.2. The SMILES string of the molecule is C#C[C@H](C)C[C@H](O)CC[C@@H]1O[C@@H](CCCO)CC1C. The van der Waals surface area contributed by atoms with Crippen LogP contribution in [0.3, 0.4) is 0 Å². The molecule has 1 saturated heterocycles. The number of rotatable bonds is 8. The van der Waals surface area contributed by atoms with Crippen molar-refractivity contribution < 1.29 is 14.9 Å². The van der Waals surface area contributed by atoms with E-state index in [4.69, 9.17) is 16.3 Å². The van der Waals surface area contributed by atoms with Crippen molar-refractivity contribution in [3.63, 3.8) is 0 Å². The van der Waals surface area contributed by atoms with Gasteiger partial charge in [-0.15, -0.1) is 12.3 Å². The van der Waals surface area contributed by atoms with Crippen LogP contribution in [0.1, 0.15) is 52.4 Å². The lowest BCUT2D eigenvalue weighted by molar-refractivity contribution is 0.0142. The van der Waals surface area contributed by atoms with Crippen LogP contribution in [-0.2, 0) is 4.74 Å². The predicted octanol–water partition coefficient (Wildman–Crippen LogP) is 2.35. The van der Waals surface area contributed by atoms with Gasteiger partial charge in [0.2, 0.25) is 0 Å². The van der Waals surface area contributed by atoms with Gasteiger partial charge in [0.1, 0.15) is 0 Å². The van der Waals surface area contributed by atoms with Crippen molar-refractivity contribution >= 4 is 0 Å². The van der Waals surface area contributed by atoms with Crippen LogP contribution < -0.4 is 0 Å². The molecule has 0 radical (unpaired) electrons. The molecule has 1 aliphatic heterocycles. The molecule has 1 rings (SSSR count). The number of terminal acetylenes is 1. The van der Waals surface area contributed by atoms with E-state index in [0.717, 1.165) is 32.1 Å². The van der Waals surface area contributed by atoms with Crippen LogP contribution in [0, 0.1) is 24.2 Å². The first-order valence-electron chi connectivity index (χ1n) is 7.47. The third kappa shape index (κ3) is 5.95. The molecule has 0 aromatic heterocycles. The fourth-order valence-electron chi connectivity index (χ4n) is 2.81. The molecule has 3 heteroatoms. The summed E-state index contributed by atoms with van der Waals surface area (Å²) < 4.78 is 5.99. The number of aliphatic hydroxyl groups is 2. The fraction of sp³-hybridized carbons (Fsp3) is 0.875. The number of hydrogen-bond acceptors (Lipinski definition) is 3. The number of aliphatic hydroxyl groups excluding tert-OH is 2. The van der Waals surface area contributed by atoms with Gasteiger partial charge in [-0.25, -0.2) is 0 Å². The highest BCUT2D eigenvalue weighted by molar-refractivity contribution is 4.91. The topological polar surface area (TPSA) is 49.7 Å². The minimum atomic E-state index is -0.321. The minimum absolute atomic E-state index is 0.134. The van der Waals surface area contributed by atoms with Gasteiger partial charge in [-0.3, -0.25) is 0 Å². The van der Waals surface area contributed by atoms with Crippen LogP contribution in [0.15, 0.2) is 0 Å². The van der Waals surface area contributed by atoms with Gasteiger partial charge in [0.25, 0.3) is 0 Å². The molecular formula is C16H28O3. The van der Waals surface area contributed by atoms with Gasteiger partial charge in [0.15, 0.2) is 0 Å². The molecular weight excluding hydrogens is 240 g/mol. The lowest BCUT2D eigenvalue weighted by atomic mass is 9.94. The van der Waals surface area contributed by atoms with Crippen molar-refractivity contribution in [2.75, 3.05) is 6.61 Å². The molecule has 2 N–H and O–H groups in total. The van der Waals surface area contributed by atoms with Gasteiger partial charge in [0, 0.05) is 12.5 Å². The van der Waals surface area contributed by atoms with E-state index in [0.29, 0.717) is 12.3 Å². The van der Waals surface area contributed by atoms with Crippen molar-refractivity contribution in [3.8, 4) is 12.3 Å². The van der Waals surface area contributed by atoms with Crippen LogP contribution in [0.5, 0.6) is 0 Å². The first kappa shape index (κ1) is 16.5. The van der Waals surface area contributed by atoms with E-state index in [1.165, 1.54) is 0 Å². The van der Waals surface area contributed by atoms with Gasteiger partial charge < -0.3 is 14.9 Å². The van der Waals surface area contributed by atoms with Crippen LogP contribution in [0.2, 0.25) is 0 Å². The van der Waals surface area contributed by atoms with Crippen molar-refractivity contribution in [1.82, 2.24) is 0 Å². The average Bonchev–Trinajstić information content (AvgIpc) is 2.74. The molecule has 1 heterocycles. The summed E-state index contributed by atoms with van der Waals surface area (Å²) in [4.78, 5) is 0. The zero-order valence-electron chi connectivity index (χ0n) is 12.2. The molecule has 0 bridgehead atoms. The Balaban J connectivity index is 2.24. The quantitative estimate of drug-likeness (QED) is 0.664. The van der Waals surface area contributed by atoms with Crippen molar-refractivity contribution in [2.45, 2.75) is 70.7 Å². The molecule has 110 valence electrons. The molecule has 0 aromatic rings. The Morgan fingerprint density at radius 2 is 2.16 bits per heavy atom. The predicted molar refractivity (Wildman–Crippen MR) is 76.6 cm³/mol. The third-order valence-corrected chi connectivity index (χ3v) is 4.02. The van der Waals surface area contributed by atoms with Crippen LogP contribution in [-0.4, -0.2) is 35.1 Å². The molecule has 0 spiro atoms. The normalized spacial score (nSPS) is 29.9. The summed E-state index contributed by atoms with van der Waals surface area (Å²) in [7, 11) is 0. The zero-order chi connectivity index (χ0) is 14.3. The summed E-state index contributed by atoms with van der Waals surface area (Å²) in [5, 5.41) is 18.8. The maximum absolute atomic E-state index is 9.92. The summed E-state index contributed by atoms with van der Waals surface area (Å²) in [6.07, 6.45) is 10.7. The van der Waals surface area contributed by atoms with Crippen LogP contribution in [0.4, 0.5) is 0 Å². The Labute approximate surface area is 117 Å². The van der Waals surface area contributed by atoms with E-state index in [2.05, 4.69) is 12.8 Å². The summed E-state index contributed by atoms with van der Waals surface area (Å²) in [5.41, 5.74) is 0. The maximum atomic E-state index is 9.92. The van der Waals surface area contributed by atoms with E-state index < -0.39 is 0 Å². The fourth-order valence-corrected chi connectivity index (χ4v) is 2.81. The second-order valence-electron chi connectivity index (χ2n) is 5.91. The molecule has 3 nitrogen and oxygen atoms in total. The molecule has 1 aliphatic rings. The maximum Gasteiger partial charge on any atom is 0.0606 e. The van der Waals surface area contributed by atoms with Crippen LogP contribution >= 0.6 is 0 Å². The van der Waals surface area contributed by atoms with Crippen LogP contribution in [0.25, 0.3) is 0 Å². The van der Waals surface area contributed by atoms with E-state index in [9.17, 15) is 5.11 Å². The average molecular weight is 268 g/mol. The molecule has 5 atom stereocenters. The van der Waals surface area contributed by atoms with Crippen molar-refractivity contribution in [1.29, 1.82) is 0 Å². The Morgan fingerprint density at radius 1 is 1.42 bits per heavy atom. The second-order valence-corrected chi connectivity index (χ2v) is 5.91. The molecule has 1 unspecified atom stereocenters. The van der Waals surface area contributed by atoms with Gasteiger partial charge in [-0.2, -0.15) is 0 Å². The van der Waals surface area contributed by atoms with E-state index in [1.807, 2.05) is 6.92 Å². The smallest absolute Gasteiger partial charge is 0.0606 e. The summed E-state index contributed by atoms with van der Waals surface area (Å²) in [5.74, 6) is 3.32. The van der Waals surface area contributed by atoms with E-state index in [1.54, 1.807) is 0 Å². The van der Waals surface area contributed by atoms with Crippen molar-refractivity contribution in [3.05, 3.63) is 0 Å². The molecule has 0 saturated carbocycles. The first-order valence-corrected chi connectivity index (χ1v) is 7.47. The van der Waals surface area contributed by atoms with Gasteiger partial charge >= 0.3 is 0 Å². The largest absolute Gasteiger partial charge is 0.396 e. The number of ether oxygens (including phenoxy) is 1. The number of hydrogen-bond donors (Lipinski definition) is 2. The van der Waals surface area contributed by atoms with E-state index >= 15 is 0 Å². The first-order chi connectivity index (χ1) is 9.06. The Hall–Kier alpha value is -0.560. The molecule has 19 heavy (non-hydrogen) atoms. The Kier molecular flexibility index (Phi) is 7.45. The molecule has 1 fully saturated rings. The summed E-state index contributed by atoms with van der Waals surface area (Å²) in [6.45, 7) is 4.41. The highest BCUT2D eigenvalue weighted by Gasteiger charge is 2.31. The van der Waals surface area contributed by atoms with Gasteiger partial charge in [0.05, 0.1) is 18.3 Å². The summed E-state index contributed by atoms with van der Waals surface area (Å²) in [6, 6.07) is 0. The highest BCUT2D eigenvalue weighted by atomic mass is 16.5. The van der Waals surface area contributed by atoms with Gasteiger partial charge in [-0.1, -0.05) is 13.8 Å². The Bertz CT molecular complexity index is 284. The lowest BCUT2D eigenvalue weighted by Gasteiger charge is -2.18. The van der Waals surface area contributed by atoms with Gasteiger partial charge in [-0.05, 0) is 44.4 Å². The summed E-state index contributed by atoms with van der Waals surface area (Å²) >= 11 is 0. The third-order valence-electron chi connectivity index (χ3n) is 4.02. The standard InChI is InChI=1S/C16H28O3/c1-4-12(2)10-14(18)7-8-16-13(3)11-15(19-16)6-5-9-17/h1,12-18H,5-11H2,2-3H3/t12-,13?,14+,15-,16-/m0/s1. The lowest BCUT2D eigenvalue weighted by Crippen LogP contribution is -2.19. The Morgan fingerprint density at radius 3 is 2.79 bits per heavy atom. The molecule has 0 aromatic carbocycles. The highest BCUT2D eigenvalue weighted by Crippen LogP contribution is 2.31. The second kappa shape index (κ2) is 8.58. The molecule has 0 amide bonds. The van der Waals surface area contributed by atoms with Crippen molar-refractivity contribution in [2.24, 2.45) is 11.8 Å². The monoisotopic (exact) mass is 268 g/mol. The minimum Gasteiger partial charge on any atom is -0.396 e. The van der Waals surface area contributed by atoms with E-state index in [-0.39, 0.29) is 30.8 Å². The molecule has 0 aliphatic carbocycles.